The van der Waals surface area contributed by atoms with E-state index in [1.165, 1.54) is 36.6 Å². The molecule has 1 aliphatic carbocycles. The molecule has 0 atom stereocenters. The molecule has 6 heteroatoms. The average Bonchev–Trinajstić information content (AvgIpc) is 2.62. The van der Waals surface area contributed by atoms with E-state index in [9.17, 15) is 10.1 Å². The predicted molar refractivity (Wildman–Crippen MR) is 108 cm³/mol. The van der Waals surface area contributed by atoms with Gasteiger partial charge in [-0.25, -0.2) is 9.97 Å². The molecule has 27 heavy (non-hydrogen) atoms. The first-order chi connectivity index (χ1) is 13.2. The Kier molecular flexibility index (Phi) is 6.83. The van der Waals surface area contributed by atoms with E-state index in [0.29, 0.717) is 23.6 Å². The summed E-state index contributed by atoms with van der Waals surface area (Å²) in [6, 6.07) is 8.01. The molecule has 0 fully saturated rings. The van der Waals surface area contributed by atoms with Crippen molar-refractivity contribution < 1.29 is 4.79 Å². The Labute approximate surface area is 164 Å². The number of rotatable bonds is 5. The molecule has 0 aromatic carbocycles. The SMILES string of the molecule is Cc1ccnc(NC(=O)CCSc2nc3c(cc2C#N)CCCCCC3)c1. The molecule has 1 N–H and O–H groups in total. The van der Waals surface area contributed by atoms with Crippen molar-refractivity contribution in [3.05, 3.63) is 46.8 Å². The van der Waals surface area contributed by atoms with Gasteiger partial charge in [0.2, 0.25) is 5.91 Å². The summed E-state index contributed by atoms with van der Waals surface area (Å²) in [6.45, 7) is 1.96. The molecule has 5 nitrogen and oxygen atoms in total. The molecule has 0 aliphatic heterocycles. The molecular weight excluding hydrogens is 356 g/mol. The number of hydrogen-bond donors (Lipinski definition) is 1. The van der Waals surface area contributed by atoms with E-state index in [2.05, 4.69) is 16.4 Å². The Hall–Kier alpha value is -2.39. The minimum absolute atomic E-state index is 0.0784. The molecule has 0 saturated heterocycles. The number of carbonyl (C=O) groups excluding carboxylic acids is 1. The normalized spacial score (nSPS) is 13.8. The van der Waals surface area contributed by atoms with Crippen LogP contribution in [0, 0.1) is 18.3 Å². The summed E-state index contributed by atoms with van der Waals surface area (Å²) in [5.74, 6) is 1.07. The van der Waals surface area contributed by atoms with Gasteiger partial charge in [0.25, 0.3) is 0 Å². The fourth-order valence-electron chi connectivity index (χ4n) is 3.21. The number of aromatic nitrogens is 2. The summed E-state index contributed by atoms with van der Waals surface area (Å²) >= 11 is 1.48. The van der Waals surface area contributed by atoms with Crippen molar-refractivity contribution in [2.75, 3.05) is 11.1 Å². The first-order valence-electron chi connectivity index (χ1n) is 9.44. The summed E-state index contributed by atoms with van der Waals surface area (Å²) in [4.78, 5) is 21.1. The highest BCUT2D eigenvalue weighted by molar-refractivity contribution is 7.99. The highest BCUT2D eigenvalue weighted by Gasteiger charge is 2.14. The third kappa shape index (κ3) is 5.54. The molecule has 0 spiro atoms. The molecule has 0 saturated carbocycles. The maximum atomic E-state index is 12.1. The highest BCUT2D eigenvalue weighted by atomic mass is 32.2. The van der Waals surface area contributed by atoms with Gasteiger partial charge in [-0.15, -0.1) is 11.8 Å². The van der Waals surface area contributed by atoms with E-state index in [-0.39, 0.29) is 5.91 Å². The van der Waals surface area contributed by atoms with Crippen LogP contribution in [0.4, 0.5) is 5.82 Å². The van der Waals surface area contributed by atoms with Gasteiger partial charge in [0, 0.05) is 24.1 Å². The number of nitriles is 1. The minimum atomic E-state index is -0.0784. The molecule has 0 bridgehead atoms. The summed E-state index contributed by atoms with van der Waals surface area (Å²) in [7, 11) is 0. The molecule has 0 unspecified atom stereocenters. The monoisotopic (exact) mass is 380 g/mol. The van der Waals surface area contributed by atoms with Crippen LogP contribution in [0.15, 0.2) is 29.4 Å². The van der Waals surface area contributed by atoms with Gasteiger partial charge in [-0.05, 0) is 61.9 Å². The first kappa shape index (κ1) is 19.4. The third-order valence-corrected chi connectivity index (χ3v) is 5.63. The second kappa shape index (κ2) is 9.52. The van der Waals surface area contributed by atoms with Gasteiger partial charge < -0.3 is 5.32 Å². The molecule has 0 radical (unpaired) electrons. The van der Waals surface area contributed by atoms with Crippen LogP contribution in [-0.4, -0.2) is 21.6 Å². The van der Waals surface area contributed by atoms with Gasteiger partial charge in [0.05, 0.1) is 5.56 Å². The van der Waals surface area contributed by atoms with Crippen LogP contribution in [0.2, 0.25) is 0 Å². The van der Waals surface area contributed by atoms with Crippen molar-refractivity contribution >= 4 is 23.5 Å². The van der Waals surface area contributed by atoms with Crippen LogP contribution in [-0.2, 0) is 17.6 Å². The first-order valence-corrected chi connectivity index (χ1v) is 10.4. The fourth-order valence-corrected chi connectivity index (χ4v) is 4.12. The number of anilines is 1. The molecule has 140 valence electrons. The summed E-state index contributed by atoms with van der Waals surface area (Å²) in [5, 5.41) is 13.0. The van der Waals surface area contributed by atoms with Crippen molar-refractivity contribution in [2.24, 2.45) is 0 Å². The Morgan fingerprint density at radius 3 is 2.85 bits per heavy atom. The molecular formula is C21H24N4OS. The maximum absolute atomic E-state index is 12.1. The van der Waals surface area contributed by atoms with Crippen molar-refractivity contribution in [1.29, 1.82) is 5.26 Å². The Bertz CT molecular complexity index is 860. The Balaban J connectivity index is 1.60. The predicted octanol–water partition coefficient (Wildman–Crippen LogP) is 4.44. The van der Waals surface area contributed by atoms with E-state index in [4.69, 9.17) is 4.98 Å². The average molecular weight is 381 g/mol. The zero-order chi connectivity index (χ0) is 19.1. The van der Waals surface area contributed by atoms with Gasteiger partial charge in [0.15, 0.2) is 0 Å². The second-order valence-corrected chi connectivity index (χ2v) is 7.92. The minimum Gasteiger partial charge on any atom is -0.311 e. The molecule has 2 aromatic rings. The number of carbonyl (C=O) groups is 1. The number of amides is 1. The molecule has 3 rings (SSSR count). The van der Waals surface area contributed by atoms with Crippen LogP contribution < -0.4 is 5.32 Å². The lowest BCUT2D eigenvalue weighted by Gasteiger charge is -2.15. The van der Waals surface area contributed by atoms with Gasteiger partial charge in [-0.3, -0.25) is 4.79 Å². The van der Waals surface area contributed by atoms with Gasteiger partial charge in [-0.1, -0.05) is 12.8 Å². The summed E-state index contributed by atoms with van der Waals surface area (Å²) in [5.41, 5.74) is 4.03. The molecule has 2 aromatic heterocycles. The number of pyridine rings is 2. The van der Waals surface area contributed by atoms with Gasteiger partial charge in [-0.2, -0.15) is 5.26 Å². The number of nitrogens with zero attached hydrogens (tertiary/aromatic N) is 3. The number of hydrogen-bond acceptors (Lipinski definition) is 5. The van der Waals surface area contributed by atoms with Crippen LogP contribution >= 0.6 is 11.8 Å². The van der Waals surface area contributed by atoms with E-state index in [1.807, 2.05) is 25.1 Å². The Morgan fingerprint density at radius 2 is 2.07 bits per heavy atom. The number of aryl methyl sites for hydroxylation is 3. The quantitative estimate of drug-likeness (QED) is 0.776. The number of nitrogens with one attached hydrogen (secondary N) is 1. The second-order valence-electron chi connectivity index (χ2n) is 6.84. The van der Waals surface area contributed by atoms with Crippen LogP contribution in [0.1, 0.15) is 54.5 Å². The maximum Gasteiger partial charge on any atom is 0.226 e. The van der Waals surface area contributed by atoms with Crippen molar-refractivity contribution in [1.82, 2.24) is 9.97 Å². The van der Waals surface area contributed by atoms with E-state index < -0.39 is 0 Å². The smallest absolute Gasteiger partial charge is 0.226 e. The lowest BCUT2D eigenvalue weighted by atomic mass is 9.96. The van der Waals surface area contributed by atoms with Crippen molar-refractivity contribution in [3.8, 4) is 6.07 Å². The largest absolute Gasteiger partial charge is 0.311 e. The van der Waals surface area contributed by atoms with Crippen LogP contribution in [0.5, 0.6) is 0 Å². The third-order valence-electron chi connectivity index (χ3n) is 4.64. The topological polar surface area (TPSA) is 78.7 Å². The van der Waals surface area contributed by atoms with E-state index in [1.54, 1.807) is 6.20 Å². The van der Waals surface area contributed by atoms with Crippen LogP contribution in [0.25, 0.3) is 0 Å². The van der Waals surface area contributed by atoms with E-state index >= 15 is 0 Å². The number of thioether (sulfide) groups is 1. The zero-order valence-electron chi connectivity index (χ0n) is 15.6. The summed E-state index contributed by atoms with van der Waals surface area (Å²) < 4.78 is 0. The Morgan fingerprint density at radius 1 is 1.26 bits per heavy atom. The highest BCUT2D eigenvalue weighted by Crippen LogP contribution is 2.27. The lowest BCUT2D eigenvalue weighted by molar-refractivity contribution is -0.115. The molecule has 1 aliphatic rings. The molecule has 1 amide bonds. The fraction of sp³-hybridized carbons (Fsp3) is 0.429. The number of fused-ring (bicyclic) bond motifs is 1. The van der Waals surface area contributed by atoms with Gasteiger partial charge >= 0.3 is 0 Å². The summed E-state index contributed by atoms with van der Waals surface area (Å²) in [6.07, 6.45) is 8.84. The zero-order valence-corrected chi connectivity index (χ0v) is 16.4. The van der Waals surface area contributed by atoms with Crippen molar-refractivity contribution in [2.45, 2.75) is 56.9 Å². The van der Waals surface area contributed by atoms with E-state index in [0.717, 1.165) is 35.5 Å². The molecule has 2 heterocycles. The lowest BCUT2D eigenvalue weighted by Crippen LogP contribution is -2.13. The van der Waals surface area contributed by atoms with Crippen LogP contribution in [0.3, 0.4) is 0 Å². The van der Waals surface area contributed by atoms with Crippen molar-refractivity contribution in [3.63, 3.8) is 0 Å². The van der Waals surface area contributed by atoms with Gasteiger partial charge in [0.1, 0.15) is 16.9 Å². The standard InChI is InChI=1S/C21H24N4OS/c1-15-8-10-23-19(12-15)25-20(26)9-11-27-21-17(14-22)13-16-6-4-2-3-5-7-18(16)24-21/h8,10,12-13H,2-7,9,11H2,1H3,(H,23,25,26).